The van der Waals surface area contributed by atoms with Crippen molar-refractivity contribution in [1.29, 1.82) is 0 Å². The van der Waals surface area contributed by atoms with Gasteiger partial charge in [0.2, 0.25) is 5.75 Å². The molecule has 0 aliphatic carbocycles. The molecule has 34 heavy (non-hydrogen) atoms. The third-order valence-corrected chi connectivity index (χ3v) is 4.91. The van der Waals surface area contributed by atoms with Gasteiger partial charge >= 0.3 is 11.9 Å². The van der Waals surface area contributed by atoms with E-state index >= 15 is 0 Å². The maximum absolute atomic E-state index is 12.5. The van der Waals surface area contributed by atoms with Crippen molar-refractivity contribution in [2.24, 2.45) is 0 Å². The Morgan fingerprint density at radius 2 is 1.24 bits per heavy atom. The molecule has 0 radical (unpaired) electrons. The lowest BCUT2D eigenvalue weighted by atomic mass is 10.1. The van der Waals surface area contributed by atoms with E-state index in [1.54, 1.807) is 12.1 Å². The number of carbonyl (C=O) groups excluding carboxylic acids is 3. The van der Waals surface area contributed by atoms with Crippen molar-refractivity contribution in [2.75, 3.05) is 27.9 Å². The second-order valence-corrected chi connectivity index (χ2v) is 7.19. The summed E-state index contributed by atoms with van der Waals surface area (Å²) in [6.45, 7) is 1.45. The minimum Gasteiger partial charge on any atom is -0.493 e. The molecule has 0 aromatic heterocycles. The van der Waals surface area contributed by atoms with Gasteiger partial charge in [-0.05, 0) is 55.5 Å². The van der Waals surface area contributed by atoms with Crippen molar-refractivity contribution in [2.45, 2.75) is 6.92 Å². The topological polar surface area (TPSA) is 97.4 Å². The average Bonchev–Trinajstić information content (AvgIpc) is 2.86. The number of methoxy groups -OCH3 is 3. The van der Waals surface area contributed by atoms with Crippen LogP contribution < -0.4 is 18.9 Å². The minimum atomic E-state index is -0.726. The van der Waals surface area contributed by atoms with Crippen LogP contribution in [0.1, 0.15) is 36.6 Å². The zero-order valence-corrected chi connectivity index (χ0v) is 19.2. The summed E-state index contributed by atoms with van der Waals surface area (Å²) in [5.74, 6) is -0.448. The Labute approximate surface area is 197 Å². The van der Waals surface area contributed by atoms with Gasteiger partial charge in [-0.25, -0.2) is 9.59 Å². The van der Waals surface area contributed by atoms with Gasteiger partial charge in [0, 0.05) is 5.56 Å². The predicted octanol–water partition coefficient (Wildman–Crippen LogP) is 4.28. The van der Waals surface area contributed by atoms with Crippen LogP contribution in [0.3, 0.4) is 0 Å². The fourth-order valence-corrected chi connectivity index (χ4v) is 3.06. The van der Waals surface area contributed by atoms with Gasteiger partial charge in [0.05, 0.1) is 32.5 Å². The number of esters is 2. The largest absolute Gasteiger partial charge is 0.493 e. The highest BCUT2D eigenvalue weighted by Gasteiger charge is 2.19. The summed E-state index contributed by atoms with van der Waals surface area (Å²) in [7, 11) is 4.31. The number of aryl methyl sites for hydroxylation is 1. The van der Waals surface area contributed by atoms with Gasteiger partial charge in [0.15, 0.2) is 23.9 Å². The smallest absolute Gasteiger partial charge is 0.343 e. The Bertz CT molecular complexity index is 1160. The van der Waals surface area contributed by atoms with Crippen LogP contribution >= 0.6 is 0 Å². The first-order valence-corrected chi connectivity index (χ1v) is 10.3. The average molecular weight is 464 g/mol. The van der Waals surface area contributed by atoms with E-state index in [9.17, 15) is 14.4 Å². The third-order valence-electron chi connectivity index (χ3n) is 4.91. The lowest BCUT2D eigenvalue weighted by Crippen LogP contribution is -2.15. The summed E-state index contributed by atoms with van der Waals surface area (Å²) in [6, 6.07) is 15.9. The summed E-state index contributed by atoms with van der Waals surface area (Å²) in [5.41, 5.74) is 1.89. The predicted molar refractivity (Wildman–Crippen MR) is 123 cm³/mol. The van der Waals surface area contributed by atoms with E-state index in [1.807, 2.05) is 19.1 Å². The van der Waals surface area contributed by atoms with Crippen molar-refractivity contribution in [3.63, 3.8) is 0 Å². The molecule has 0 bridgehead atoms. The van der Waals surface area contributed by atoms with Crippen molar-refractivity contribution in [3.05, 3.63) is 82.9 Å². The monoisotopic (exact) mass is 464 g/mol. The first kappa shape index (κ1) is 24.3. The van der Waals surface area contributed by atoms with Gasteiger partial charge < -0.3 is 23.7 Å². The molecule has 8 nitrogen and oxygen atoms in total. The van der Waals surface area contributed by atoms with Crippen LogP contribution in [-0.2, 0) is 4.74 Å². The zero-order valence-electron chi connectivity index (χ0n) is 19.2. The van der Waals surface area contributed by atoms with E-state index in [4.69, 9.17) is 23.7 Å². The molecule has 0 atom stereocenters. The fourth-order valence-electron chi connectivity index (χ4n) is 3.06. The molecule has 0 heterocycles. The number of hydrogen-bond acceptors (Lipinski definition) is 8. The molecule has 0 spiro atoms. The second-order valence-electron chi connectivity index (χ2n) is 7.19. The quantitative estimate of drug-likeness (QED) is 0.263. The lowest BCUT2D eigenvalue weighted by Gasteiger charge is -2.13. The summed E-state index contributed by atoms with van der Waals surface area (Å²) >= 11 is 0. The van der Waals surface area contributed by atoms with E-state index in [2.05, 4.69) is 0 Å². The number of benzene rings is 3. The molecule has 0 aliphatic heterocycles. The maximum atomic E-state index is 12.5. The molecule has 0 fully saturated rings. The van der Waals surface area contributed by atoms with Gasteiger partial charge in [0.1, 0.15) is 5.75 Å². The highest BCUT2D eigenvalue weighted by atomic mass is 16.5. The third kappa shape index (κ3) is 5.72. The number of Topliss-reactive ketones (excluding diaryl/α,β-unsaturated/α-hetero) is 1. The van der Waals surface area contributed by atoms with Gasteiger partial charge in [0.25, 0.3) is 0 Å². The Morgan fingerprint density at radius 1 is 0.676 bits per heavy atom. The van der Waals surface area contributed by atoms with E-state index in [0.717, 1.165) is 5.56 Å². The van der Waals surface area contributed by atoms with E-state index in [-0.39, 0.29) is 22.8 Å². The number of rotatable bonds is 9. The highest BCUT2D eigenvalue weighted by molar-refractivity contribution is 6.00. The van der Waals surface area contributed by atoms with Gasteiger partial charge in [-0.1, -0.05) is 17.7 Å². The Kier molecular flexibility index (Phi) is 7.87. The molecule has 0 amide bonds. The summed E-state index contributed by atoms with van der Waals surface area (Å²) in [6.07, 6.45) is 0. The van der Waals surface area contributed by atoms with Crippen LogP contribution in [0.2, 0.25) is 0 Å². The molecule has 3 aromatic rings. The van der Waals surface area contributed by atoms with Crippen LogP contribution in [-0.4, -0.2) is 45.7 Å². The van der Waals surface area contributed by atoms with Crippen LogP contribution in [0.5, 0.6) is 23.0 Å². The zero-order chi connectivity index (χ0) is 24.7. The summed E-state index contributed by atoms with van der Waals surface area (Å²) < 4.78 is 26.1. The number of ketones is 1. The van der Waals surface area contributed by atoms with Crippen LogP contribution in [0.25, 0.3) is 0 Å². The molecule has 0 saturated carbocycles. The molecule has 3 rings (SSSR count). The molecule has 0 saturated heterocycles. The molecule has 0 N–H and O–H groups in total. The molecule has 176 valence electrons. The molecule has 8 heteroatoms. The van der Waals surface area contributed by atoms with Crippen molar-refractivity contribution < 1.29 is 38.1 Å². The van der Waals surface area contributed by atoms with Crippen molar-refractivity contribution in [3.8, 4) is 23.0 Å². The number of carbonyl (C=O) groups is 3. The maximum Gasteiger partial charge on any atom is 0.343 e. The van der Waals surface area contributed by atoms with Gasteiger partial charge in [-0.3, -0.25) is 4.79 Å². The van der Waals surface area contributed by atoms with Crippen molar-refractivity contribution >= 4 is 17.7 Å². The van der Waals surface area contributed by atoms with Gasteiger partial charge in [-0.2, -0.15) is 0 Å². The summed E-state index contributed by atoms with van der Waals surface area (Å²) in [5, 5.41) is 0. The standard InChI is InChI=1S/C26H24O8/c1-16-5-7-18(8-6-16)26(29)34-20-11-9-17(10-12-20)21(27)15-33-25(28)19-13-22(30-2)24(32-4)23(14-19)31-3/h5-14H,15H2,1-4H3. The van der Waals surface area contributed by atoms with Crippen LogP contribution in [0.15, 0.2) is 60.7 Å². The molecule has 3 aromatic carbocycles. The molecule has 0 unspecified atom stereocenters. The van der Waals surface area contributed by atoms with Gasteiger partial charge in [-0.15, -0.1) is 0 Å². The molecule has 0 aliphatic rings. The first-order valence-electron chi connectivity index (χ1n) is 10.3. The SMILES string of the molecule is COc1cc(C(=O)OCC(=O)c2ccc(OC(=O)c3ccc(C)cc3)cc2)cc(OC)c1OC. The normalized spacial score (nSPS) is 10.2. The second kappa shape index (κ2) is 11.0. The number of hydrogen-bond donors (Lipinski definition) is 0. The van der Waals surface area contributed by atoms with E-state index in [1.165, 1.54) is 57.7 Å². The van der Waals surface area contributed by atoms with Crippen molar-refractivity contribution in [1.82, 2.24) is 0 Å². The Hall–Kier alpha value is -4.33. The highest BCUT2D eigenvalue weighted by Crippen LogP contribution is 2.38. The van der Waals surface area contributed by atoms with Crippen LogP contribution in [0.4, 0.5) is 0 Å². The number of ether oxygens (including phenoxy) is 5. The minimum absolute atomic E-state index is 0.140. The molecular formula is C26H24O8. The fraction of sp³-hybridized carbons (Fsp3) is 0.192. The Morgan fingerprint density at radius 3 is 1.76 bits per heavy atom. The van der Waals surface area contributed by atoms with E-state index in [0.29, 0.717) is 16.9 Å². The molecular weight excluding hydrogens is 440 g/mol. The van der Waals surface area contributed by atoms with E-state index < -0.39 is 24.3 Å². The van der Waals surface area contributed by atoms with Crippen LogP contribution in [0, 0.1) is 6.92 Å². The first-order chi connectivity index (χ1) is 16.4. The summed E-state index contributed by atoms with van der Waals surface area (Å²) in [4.78, 5) is 37.1. The Balaban J connectivity index is 1.61. The lowest BCUT2D eigenvalue weighted by molar-refractivity contribution is 0.0474.